The smallest absolute Gasteiger partial charge is 0.277 e. The Hall–Kier alpha value is -1.24. The summed E-state index contributed by atoms with van der Waals surface area (Å²) in [6.45, 7) is 3.15. The van der Waals surface area contributed by atoms with Crippen molar-refractivity contribution >= 4 is 18.1 Å². The van der Waals surface area contributed by atoms with E-state index in [1.807, 2.05) is 0 Å². The van der Waals surface area contributed by atoms with E-state index in [9.17, 15) is 19.6 Å². The van der Waals surface area contributed by atoms with Crippen molar-refractivity contribution < 1.29 is 14.4 Å². The fourth-order valence-electron chi connectivity index (χ4n) is 1.46. The monoisotopic (exact) mass is 278 g/mol. The van der Waals surface area contributed by atoms with Crippen LogP contribution in [0, 0.1) is 21.3 Å². The molecule has 0 aliphatic carbocycles. The number of hydrogen-bond acceptors (Lipinski definition) is 4. The van der Waals surface area contributed by atoms with Crippen LogP contribution in [0.5, 0.6) is 0 Å². The van der Waals surface area contributed by atoms with Crippen LogP contribution in [0.3, 0.4) is 0 Å². The number of halogens is 2. The predicted octanol–water partition coefficient (Wildman–Crippen LogP) is 2.17. The van der Waals surface area contributed by atoms with Crippen LogP contribution >= 0.6 is 12.4 Å². The first-order chi connectivity index (χ1) is 7.79. The van der Waals surface area contributed by atoms with Gasteiger partial charge in [-0.05, 0) is 12.1 Å². The predicted molar refractivity (Wildman–Crippen MR) is 68.1 cm³/mol. The van der Waals surface area contributed by atoms with Crippen LogP contribution in [0.4, 0.5) is 10.1 Å². The molecule has 1 atom stereocenters. The lowest BCUT2D eigenvalue weighted by atomic mass is 9.81. The Morgan fingerprint density at radius 3 is 2.56 bits per heavy atom. The molecule has 0 heterocycles. The molecule has 0 aromatic heterocycles. The van der Waals surface area contributed by atoms with Gasteiger partial charge >= 0.3 is 0 Å². The zero-order chi connectivity index (χ0) is 13.2. The molecular formula is C11H16ClFN2O3. The van der Waals surface area contributed by atoms with E-state index in [1.54, 1.807) is 13.8 Å². The number of nitrogens with two attached hydrogens (primary N) is 1. The highest BCUT2D eigenvalue weighted by Gasteiger charge is 2.32. The summed E-state index contributed by atoms with van der Waals surface area (Å²) in [7, 11) is 0. The molecule has 18 heavy (non-hydrogen) atoms. The quantitative estimate of drug-likeness (QED) is 0.652. The molecule has 7 heteroatoms. The second-order valence-electron chi connectivity index (χ2n) is 4.58. The molecular weight excluding hydrogens is 263 g/mol. The number of nitro groups is 1. The van der Waals surface area contributed by atoms with Crippen molar-refractivity contribution in [3.8, 4) is 0 Å². The van der Waals surface area contributed by atoms with E-state index in [1.165, 1.54) is 6.07 Å². The standard InChI is InChI=1S/C11H15FN2O3.ClH/c1-11(2,6-15)10(13)8-4-3-7(12)5-9(8)14(16)17;/h3-5,10,15H,6,13H2,1-2H3;1H/t10-;/m1./s1. The van der Waals surface area contributed by atoms with Crippen LogP contribution in [0.15, 0.2) is 18.2 Å². The summed E-state index contributed by atoms with van der Waals surface area (Å²) >= 11 is 0. The van der Waals surface area contributed by atoms with Gasteiger partial charge in [0, 0.05) is 23.6 Å². The maximum Gasteiger partial charge on any atom is 0.277 e. The largest absolute Gasteiger partial charge is 0.396 e. The number of nitro benzene ring substituents is 1. The molecule has 0 spiro atoms. The molecule has 1 rings (SSSR count). The number of nitrogens with zero attached hydrogens (tertiary/aromatic N) is 1. The van der Waals surface area contributed by atoms with E-state index in [0.29, 0.717) is 0 Å². The Morgan fingerprint density at radius 1 is 1.56 bits per heavy atom. The Bertz CT molecular complexity index is 440. The van der Waals surface area contributed by atoms with Crippen LogP contribution in [0.25, 0.3) is 0 Å². The van der Waals surface area contributed by atoms with Gasteiger partial charge in [0.2, 0.25) is 0 Å². The summed E-state index contributed by atoms with van der Waals surface area (Å²) in [4.78, 5) is 10.1. The third-order valence-electron chi connectivity index (χ3n) is 2.77. The van der Waals surface area contributed by atoms with Gasteiger partial charge in [-0.1, -0.05) is 13.8 Å². The van der Waals surface area contributed by atoms with E-state index in [0.717, 1.165) is 12.1 Å². The first kappa shape index (κ1) is 16.8. The molecule has 0 aliphatic rings. The Kier molecular flexibility index (Phi) is 5.66. The van der Waals surface area contributed by atoms with Crippen molar-refractivity contribution in [3.63, 3.8) is 0 Å². The second-order valence-corrected chi connectivity index (χ2v) is 4.58. The highest BCUT2D eigenvalue weighted by molar-refractivity contribution is 5.85. The first-order valence-corrected chi connectivity index (χ1v) is 5.10. The van der Waals surface area contributed by atoms with Gasteiger partial charge in [-0.2, -0.15) is 0 Å². The number of aliphatic hydroxyl groups excluding tert-OH is 1. The summed E-state index contributed by atoms with van der Waals surface area (Å²) < 4.78 is 13.0. The highest BCUT2D eigenvalue weighted by Crippen LogP contribution is 2.35. The van der Waals surface area contributed by atoms with Gasteiger partial charge in [0.25, 0.3) is 5.69 Å². The zero-order valence-corrected chi connectivity index (χ0v) is 10.9. The van der Waals surface area contributed by atoms with Crippen molar-refractivity contribution in [1.82, 2.24) is 0 Å². The van der Waals surface area contributed by atoms with E-state index in [4.69, 9.17) is 5.73 Å². The van der Waals surface area contributed by atoms with E-state index >= 15 is 0 Å². The fourth-order valence-corrected chi connectivity index (χ4v) is 1.46. The third-order valence-corrected chi connectivity index (χ3v) is 2.77. The van der Waals surface area contributed by atoms with Gasteiger partial charge in [0.1, 0.15) is 5.82 Å². The Morgan fingerprint density at radius 2 is 2.11 bits per heavy atom. The Balaban J connectivity index is 0.00000289. The second kappa shape index (κ2) is 6.08. The minimum atomic E-state index is -0.742. The number of aliphatic hydroxyl groups is 1. The molecule has 0 amide bonds. The Labute approximate surface area is 110 Å². The van der Waals surface area contributed by atoms with Crippen LogP contribution < -0.4 is 5.73 Å². The first-order valence-electron chi connectivity index (χ1n) is 5.10. The summed E-state index contributed by atoms with van der Waals surface area (Å²) in [6, 6.07) is 2.50. The number of benzene rings is 1. The van der Waals surface area contributed by atoms with Gasteiger partial charge < -0.3 is 10.8 Å². The van der Waals surface area contributed by atoms with Gasteiger partial charge in [-0.25, -0.2) is 4.39 Å². The molecule has 0 radical (unpaired) electrons. The lowest BCUT2D eigenvalue weighted by Crippen LogP contribution is -2.32. The van der Waals surface area contributed by atoms with Gasteiger partial charge in [0.15, 0.2) is 0 Å². The van der Waals surface area contributed by atoms with Crippen molar-refractivity contribution in [2.75, 3.05) is 6.61 Å². The molecule has 1 aromatic carbocycles. The maximum absolute atomic E-state index is 13.0. The van der Waals surface area contributed by atoms with Crippen molar-refractivity contribution in [1.29, 1.82) is 0 Å². The van der Waals surface area contributed by atoms with Crippen molar-refractivity contribution in [2.24, 2.45) is 11.1 Å². The van der Waals surface area contributed by atoms with Gasteiger partial charge in [-0.3, -0.25) is 10.1 Å². The lowest BCUT2D eigenvalue weighted by molar-refractivity contribution is -0.386. The highest BCUT2D eigenvalue weighted by atomic mass is 35.5. The normalized spacial score (nSPS) is 12.7. The summed E-state index contributed by atoms with van der Waals surface area (Å²) in [5.74, 6) is -0.686. The van der Waals surface area contributed by atoms with E-state index < -0.39 is 22.2 Å². The fraction of sp³-hybridized carbons (Fsp3) is 0.455. The van der Waals surface area contributed by atoms with Crippen LogP contribution in [0.2, 0.25) is 0 Å². The molecule has 0 aliphatic heterocycles. The lowest BCUT2D eigenvalue weighted by Gasteiger charge is -2.29. The minimum absolute atomic E-state index is 0. The minimum Gasteiger partial charge on any atom is -0.396 e. The molecule has 0 bridgehead atoms. The van der Waals surface area contributed by atoms with Crippen molar-refractivity contribution in [2.45, 2.75) is 19.9 Å². The molecule has 102 valence electrons. The third kappa shape index (κ3) is 3.38. The molecule has 3 N–H and O–H groups in total. The molecule has 0 fully saturated rings. The molecule has 0 saturated heterocycles. The average Bonchev–Trinajstić information content (AvgIpc) is 2.28. The number of hydrogen-bond donors (Lipinski definition) is 2. The van der Waals surface area contributed by atoms with Crippen LogP contribution in [-0.2, 0) is 0 Å². The van der Waals surface area contributed by atoms with Gasteiger partial charge in [-0.15, -0.1) is 12.4 Å². The molecule has 1 aromatic rings. The topological polar surface area (TPSA) is 89.4 Å². The summed E-state index contributed by atoms with van der Waals surface area (Å²) in [5.41, 5.74) is 5.02. The number of rotatable bonds is 4. The van der Waals surface area contributed by atoms with Crippen LogP contribution in [-0.4, -0.2) is 16.6 Å². The molecule has 0 saturated carbocycles. The SMILES string of the molecule is CC(C)(CO)[C@H](N)c1ccc(F)cc1[N+](=O)[O-].Cl. The van der Waals surface area contributed by atoms with Crippen molar-refractivity contribution in [3.05, 3.63) is 39.7 Å². The molecule has 5 nitrogen and oxygen atoms in total. The van der Waals surface area contributed by atoms with Crippen LogP contribution in [0.1, 0.15) is 25.5 Å². The summed E-state index contributed by atoms with van der Waals surface area (Å²) in [6.07, 6.45) is 0. The average molecular weight is 279 g/mol. The molecule has 0 unspecified atom stereocenters. The van der Waals surface area contributed by atoms with E-state index in [2.05, 4.69) is 0 Å². The summed E-state index contributed by atoms with van der Waals surface area (Å²) in [5, 5.41) is 20.0. The van der Waals surface area contributed by atoms with E-state index in [-0.39, 0.29) is 30.3 Å². The zero-order valence-electron chi connectivity index (χ0n) is 10.1. The maximum atomic E-state index is 13.0. The van der Waals surface area contributed by atoms with Gasteiger partial charge in [0.05, 0.1) is 11.0 Å².